The van der Waals surface area contributed by atoms with Crippen LogP contribution in [0, 0.1) is 0 Å². The molecule has 0 saturated carbocycles. The number of ether oxygens (including phenoxy) is 1. The van der Waals surface area contributed by atoms with Gasteiger partial charge >= 0.3 is 6.18 Å². The van der Waals surface area contributed by atoms with Crippen LogP contribution in [0.1, 0.15) is 30.9 Å². The van der Waals surface area contributed by atoms with Gasteiger partial charge in [0.2, 0.25) is 5.91 Å². The van der Waals surface area contributed by atoms with E-state index in [-0.39, 0.29) is 23.7 Å². The van der Waals surface area contributed by atoms with Crippen molar-refractivity contribution < 1.29 is 32.3 Å². The van der Waals surface area contributed by atoms with Gasteiger partial charge in [-0.05, 0) is 54.4 Å². The fourth-order valence-electron chi connectivity index (χ4n) is 3.92. The van der Waals surface area contributed by atoms with E-state index >= 15 is 0 Å². The van der Waals surface area contributed by atoms with Crippen molar-refractivity contribution in [3.63, 3.8) is 0 Å². The van der Waals surface area contributed by atoms with E-state index in [1.165, 1.54) is 6.07 Å². The maximum Gasteiger partial charge on any atom is 0.416 e. The van der Waals surface area contributed by atoms with Crippen molar-refractivity contribution in [2.45, 2.75) is 32.4 Å². The fourth-order valence-corrected chi connectivity index (χ4v) is 4.13. The molecule has 40 heavy (non-hydrogen) atoms. The van der Waals surface area contributed by atoms with E-state index in [4.69, 9.17) is 16.3 Å². The molecule has 4 rings (SSSR count). The Morgan fingerprint density at radius 3 is 2.40 bits per heavy atom. The predicted octanol–water partition coefficient (Wildman–Crippen LogP) is 6.50. The van der Waals surface area contributed by atoms with Crippen LogP contribution in [-0.4, -0.2) is 24.3 Å². The molecule has 0 fully saturated rings. The number of nitrogens with zero attached hydrogens (tertiary/aromatic N) is 1. The normalized spacial score (nSPS) is 13.6. The second-order valence-corrected chi connectivity index (χ2v) is 9.31. The SMILES string of the molecule is CCCCOc1ccccc1NC(=O)Cc1ccc(NC2=C(Cl)C(=O)N(c3cccc(C(F)(F)F)c3)C2=O)cc1. The molecule has 2 N–H and O–H groups in total. The summed E-state index contributed by atoms with van der Waals surface area (Å²) in [6.07, 6.45) is -2.70. The molecule has 208 valence electrons. The minimum Gasteiger partial charge on any atom is -0.491 e. The molecular weight excluding hydrogens is 547 g/mol. The summed E-state index contributed by atoms with van der Waals surface area (Å²) in [5, 5.41) is 5.16. The largest absolute Gasteiger partial charge is 0.491 e. The van der Waals surface area contributed by atoms with Crippen molar-refractivity contribution in [3.05, 3.63) is 94.7 Å². The number of rotatable bonds is 10. The van der Waals surface area contributed by atoms with Crippen LogP contribution in [0.3, 0.4) is 0 Å². The molecule has 1 aliphatic rings. The molecule has 0 bridgehead atoms. The standard InChI is InChI=1S/C29H25ClF3N3O4/c1-2-3-15-40-23-10-5-4-9-22(23)35-24(37)16-18-11-13-20(14-12-18)34-26-25(30)27(38)36(28(26)39)21-8-6-7-19(17-21)29(31,32)33/h4-14,17,34H,2-3,15-16H2,1H3,(H,35,37). The first-order chi connectivity index (χ1) is 19.1. The van der Waals surface area contributed by atoms with Crippen molar-refractivity contribution in [2.24, 2.45) is 0 Å². The molecule has 0 aliphatic carbocycles. The summed E-state index contributed by atoms with van der Waals surface area (Å²) in [4.78, 5) is 38.8. The second kappa shape index (κ2) is 12.3. The molecule has 0 saturated heterocycles. The summed E-state index contributed by atoms with van der Waals surface area (Å²) in [5.41, 5.74) is 0.104. The third-order valence-electron chi connectivity index (χ3n) is 5.96. The predicted molar refractivity (Wildman–Crippen MR) is 146 cm³/mol. The number of anilines is 3. The number of halogens is 4. The van der Waals surface area contributed by atoms with Crippen LogP contribution in [0.5, 0.6) is 5.75 Å². The second-order valence-electron chi connectivity index (χ2n) is 8.93. The quantitative estimate of drug-likeness (QED) is 0.214. The maximum atomic E-state index is 13.1. The van der Waals surface area contributed by atoms with E-state index < -0.39 is 28.6 Å². The lowest BCUT2D eigenvalue weighted by atomic mass is 10.1. The van der Waals surface area contributed by atoms with Crippen LogP contribution < -0.4 is 20.3 Å². The van der Waals surface area contributed by atoms with Gasteiger partial charge in [-0.3, -0.25) is 14.4 Å². The number of carbonyl (C=O) groups excluding carboxylic acids is 3. The molecular formula is C29H25ClF3N3O4. The van der Waals surface area contributed by atoms with Crippen LogP contribution in [0.2, 0.25) is 0 Å². The number of unbranched alkanes of at least 4 members (excludes halogenated alkanes) is 1. The van der Waals surface area contributed by atoms with Gasteiger partial charge in [-0.1, -0.05) is 55.3 Å². The van der Waals surface area contributed by atoms with Gasteiger partial charge in [-0.2, -0.15) is 13.2 Å². The van der Waals surface area contributed by atoms with Gasteiger partial charge in [0.25, 0.3) is 11.8 Å². The van der Waals surface area contributed by atoms with Crippen molar-refractivity contribution in [1.29, 1.82) is 0 Å². The Morgan fingerprint density at radius 2 is 1.70 bits per heavy atom. The van der Waals surface area contributed by atoms with Crippen molar-refractivity contribution in [2.75, 3.05) is 22.1 Å². The number of amides is 3. The maximum absolute atomic E-state index is 13.1. The highest BCUT2D eigenvalue weighted by molar-refractivity contribution is 6.53. The lowest BCUT2D eigenvalue weighted by Crippen LogP contribution is -2.32. The summed E-state index contributed by atoms with van der Waals surface area (Å²) in [6, 6.07) is 17.5. The summed E-state index contributed by atoms with van der Waals surface area (Å²) in [6.45, 7) is 2.61. The molecule has 3 amide bonds. The Kier molecular flexibility index (Phi) is 8.79. The smallest absolute Gasteiger partial charge is 0.416 e. The number of nitrogens with one attached hydrogen (secondary N) is 2. The van der Waals surface area contributed by atoms with Crippen LogP contribution >= 0.6 is 11.6 Å². The van der Waals surface area contributed by atoms with Gasteiger partial charge < -0.3 is 15.4 Å². The monoisotopic (exact) mass is 571 g/mol. The number of hydrogen-bond donors (Lipinski definition) is 2. The summed E-state index contributed by atoms with van der Waals surface area (Å²) >= 11 is 6.10. The third-order valence-corrected chi connectivity index (χ3v) is 6.31. The lowest BCUT2D eigenvalue weighted by Gasteiger charge is -2.17. The van der Waals surface area contributed by atoms with Gasteiger partial charge in [0.1, 0.15) is 16.5 Å². The van der Waals surface area contributed by atoms with Crippen LogP contribution in [-0.2, 0) is 27.0 Å². The number of imide groups is 1. The van der Waals surface area contributed by atoms with E-state index in [1.807, 2.05) is 6.07 Å². The highest BCUT2D eigenvalue weighted by Crippen LogP contribution is 2.35. The van der Waals surface area contributed by atoms with E-state index in [1.54, 1.807) is 42.5 Å². The Bertz CT molecular complexity index is 1460. The van der Waals surface area contributed by atoms with Crippen LogP contribution in [0.25, 0.3) is 0 Å². The zero-order valence-electron chi connectivity index (χ0n) is 21.3. The molecule has 0 unspecified atom stereocenters. The summed E-state index contributed by atoms with van der Waals surface area (Å²) in [7, 11) is 0. The number of carbonyl (C=O) groups is 3. The molecule has 11 heteroatoms. The van der Waals surface area contributed by atoms with E-state index in [0.29, 0.717) is 40.3 Å². The minimum atomic E-state index is -4.65. The molecule has 0 radical (unpaired) electrons. The number of benzene rings is 3. The summed E-state index contributed by atoms with van der Waals surface area (Å²) < 4.78 is 45.1. The number of para-hydroxylation sites is 2. The first-order valence-electron chi connectivity index (χ1n) is 12.4. The zero-order valence-corrected chi connectivity index (χ0v) is 22.1. The highest BCUT2D eigenvalue weighted by atomic mass is 35.5. The Morgan fingerprint density at radius 1 is 0.975 bits per heavy atom. The Balaban J connectivity index is 1.40. The highest BCUT2D eigenvalue weighted by Gasteiger charge is 2.40. The third kappa shape index (κ3) is 6.63. The molecule has 1 heterocycles. The first-order valence-corrected chi connectivity index (χ1v) is 12.8. The molecule has 1 aliphatic heterocycles. The van der Waals surface area contributed by atoms with E-state index in [9.17, 15) is 27.6 Å². The molecule has 3 aromatic carbocycles. The van der Waals surface area contributed by atoms with Crippen molar-refractivity contribution in [1.82, 2.24) is 0 Å². The molecule has 3 aromatic rings. The van der Waals surface area contributed by atoms with Gasteiger partial charge in [0.15, 0.2) is 0 Å². The molecule has 0 atom stereocenters. The van der Waals surface area contributed by atoms with Crippen LogP contribution in [0.4, 0.5) is 30.2 Å². The topological polar surface area (TPSA) is 87.7 Å². The van der Waals surface area contributed by atoms with Gasteiger partial charge in [-0.15, -0.1) is 0 Å². The van der Waals surface area contributed by atoms with Crippen molar-refractivity contribution in [3.8, 4) is 5.75 Å². The average Bonchev–Trinajstić information content (AvgIpc) is 3.13. The van der Waals surface area contributed by atoms with Crippen LogP contribution in [0.15, 0.2) is 83.5 Å². The van der Waals surface area contributed by atoms with Gasteiger partial charge in [0, 0.05) is 5.69 Å². The zero-order chi connectivity index (χ0) is 28.9. The molecule has 0 aromatic heterocycles. The minimum absolute atomic E-state index is 0.0633. The lowest BCUT2D eigenvalue weighted by molar-refractivity contribution is -0.137. The number of hydrogen-bond acceptors (Lipinski definition) is 5. The fraction of sp³-hybridized carbons (Fsp3) is 0.207. The summed E-state index contributed by atoms with van der Waals surface area (Å²) in [5.74, 6) is -1.51. The number of alkyl halides is 3. The van der Waals surface area contributed by atoms with E-state index in [0.717, 1.165) is 25.0 Å². The average molecular weight is 572 g/mol. The first kappa shape index (κ1) is 28.7. The van der Waals surface area contributed by atoms with Crippen molar-refractivity contribution >= 4 is 46.4 Å². The molecule has 7 nitrogen and oxygen atoms in total. The van der Waals surface area contributed by atoms with Gasteiger partial charge in [0.05, 0.1) is 30.0 Å². The van der Waals surface area contributed by atoms with E-state index in [2.05, 4.69) is 17.6 Å². The Hall–Kier alpha value is -4.31. The van der Waals surface area contributed by atoms with Gasteiger partial charge in [-0.25, -0.2) is 4.90 Å². The Labute approximate surface area is 233 Å². The molecule has 0 spiro atoms.